The van der Waals surface area contributed by atoms with Crippen LogP contribution in [0.3, 0.4) is 0 Å². The monoisotopic (exact) mass is 200 g/mol. The molecule has 0 aliphatic heterocycles. The molecule has 82 valence electrons. The second-order valence-corrected chi connectivity index (χ2v) is 4.84. The van der Waals surface area contributed by atoms with E-state index in [0.717, 1.165) is 6.42 Å². The van der Waals surface area contributed by atoms with Gasteiger partial charge in [0.2, 0.25) is 5.91 Å². The largest absolute Gasteiger partial charge is 0.392 e. The molecule has 0 heterocycles. The van der Waals surface area contributed by atoms with Crippen molar-refractivity contribution in [2.24, 2.45) is 17.1 Å². The van der Waals surface area contributed by atoms with Crippen molar-refractivity contribution in [1.29, 1.82) is 0 Å². The summed E-state index contributed by atoms with van der Waals surface area (Å²) in [5.41, 5.74) is 5.06. The van der Waals surface area contributed by atoms with Crippen molar-refractivity contribution in [1.82, 2.24) is 5.32 Å². The Balaban J connectivity index is 2.31. The molecular formula is C10H20N2O2. The quantitative estimate of drug-likeness (QED) is 0.591. The molecule has 0 aromatic carbocycles. The Morgan fingerprint density at radius 1 is 1.71 bits per heavy atom. The molecular weight excluding hydrogens is 180 g/mol. The maximum absolute atomic E-state index is 10.8. The van der Waals surface area contributed by atoms with Crippen molar-refractivity contribution in [3.63, 3.8) is 0 Å². The first-order valence-electron chi connectivity index (χ1n) is 5.06. The summed E-state index contributed by atoms with van der Waals surface area (Å²) in [5.74, 6) is -0.432. The number of amides is 1. The molecule has 3 unspecified atom stereocenters. The van der Waals surface area contributed by atoms with Gasteiger partial charge < -0.3 is 16.2 Å². The van der Waals surface area contributed by atoms with Gasteiger partial charge in [-0.1, -0.05) is 20.8 Å². The van der Waals surface area contributed by atoms with Crippen LogP contribution in [0.5, 0.6) is 0 Å². The third kappa shape index (κ3) is 2.07. The summed E-state index contributed by atoms with van der Waals surface area (Å²) in [5, 5.41) is 12.7. The van der Waals surface area contributed by atoms with E-state index in [1.807, 2.05) is 13.8 Å². The molecule has 0 aromatic heterocycles. The topological polar surface area (TPSA) is 75.3 Å². The van der Waals surface area contributed by atoms with Crippen LogP contribution in [0.1, 0.15) is 27.2 Å². The molecule has 3 atom stereocenters. The minimum atomic E-state index is -0.282. The summed E-state index contributed by atoms with van der Waals surface area (Å²) in [6.45, 7) is 6.44. The number of primary amides is 1. The molecule has 0 bridgehead atoms. The molecule has 4 heteroatoms. The Labute approximate surface area is 84.9 Å². The highest BCUT2D eigenvalue weighted by atomic mass is 16.3. The zero-order chi connectivity index (χ0) is 10.9. The number of nitrogens with two attached hydrogens (primary N) is 1. The first kappa shape index (κ1) is 11.5. The van der Waals surface area contributed by atoms with E-state index < -0.39 is 0 Å². The van der Waals surface area contributed by atoms with Crippen molar-refractivity contribution in [2.45, 2.75) is 39.3 Å². The standard InChI is InChI=1S/C10H20N2O2/c1-6(9(11)14)5-12-7-4-8(13)10(7,2)3/h6-8,12-13H,4-5H2,1-3H3,(H2,11,14). The highest BCUT2D eigenvalue weighted by Crippen LogP contribution is 2.40. The molecule has 1 aliphatic rings. The summed E-state index contributed by atoms with van der Waals surface area (Å²) in [6, 6.07) is 0.291. The van der Waals surface area contributed by atoms with Crippen LogP contribution in [0, 0.1) is 11.3 Å². The fraction of sp³-hybridized carbons (Fsp3) is 0.900. The Morgan fingerprint density at radius 2 is 2.29 bits per heavy atom. The average molecular weight is 200 g/mol. The van der Waals surface area contributed by atoms with Crippen molar-refractivity contribution in [3.8, 4) is 0 Å². The van der Waals surface area contributed by atoms with Gasteiger partial charge in [-0.15, -0.1) is 0 Å². The molecule has 1 fully saturated rings. The third-order valence-electron chi connectivity index (χ3n) is 3.37. The number of carbonyl (C=O) groups is 1. The zero-order valence-corrected chi connectivity index (χ0v) is 9.08. The van der Waals surface area contributed by atoms with Gasteiger partial charge in [-0.05, 0) is 6.42 Å². The molecule has 0 spiro atoms. The van der Waals surface area contributed by atoms with E-state index >= 15 is 0 Å². The number of nitrogens with one attached hydrogen (secondary N) is 1. The summed E-state index contributed by atoms with van der Waals surface area (Å²) in [4.78, 5) is 10.8. The van der Waals surface area contributed by atoms with Crippen molar-refractivity contribution in [2.75, 3.05) is 6.54 Å². The van der Waals surface area contributed by atoms with Crippen molar-refractivity contribution < 1.29 is 9.90 Å². The van der Waals surface area contributed by atoms with E-state index in [2.05, 4.69) is 5.32 Å². The summed E-state index contributed by atoms with van der Waals surface area (Å²) < 4.78 is 0. The molecule has 0 radical (unpaired) electrons. The van der Waals surface area contributed by atoms with E-state index in [-0.39, 0.29) is 23.3 Å². The molecule has 0 saturated heterocycles. The van der Waals surface area contributed by atoms with Gasteiger partial charge in [0, 0.05) is 23.9 Å². The lowest BCUT2D eigenvalue weighted by Crippen LogP contribution is -2.60. The summed E-state index contributed by atoms with van der Waals surface area (Å²) in [7, 11) is 0. The zero-order valence-electron chi connectivity index (χ0n) is 9.08. The van der Waals surface area contributed by atoms with E-state index in [1.54, 1.807) is 6.92 Å². The van der Waals surface area contributed by atoms with Gasteiger partial charge in [-0.25, -0.2) is 0 Å². The highest BCUT2D eigenvalue weighted by molar-refractivity contribution is 5.76. The molecule has 4 N–H and O–H groups in total. The predicted molar refractivity (Wildman–Crippen MR) is 54.6 cm³/mol. The second-order valence-electron chi connectivity index (χ2n) is 4.84. The first-order valence-corrected chi connectivity index (χ1v) is 5.06. The minimum Gasteiger partial charge on any atom is -0.392 e. The number of hydrogen-bond donors (Lipinski definition) is 3. The SMILES string of the molecule is CC(CNC1CC(O)C1(C)C)C(N)=O. The van der Waals surface area contributed by atoms with Crippen LogP contribution >= 0.6 is 0 Å². The van der Waals surface area contributed by atoms with E-state index in [0.29, 0.717) is 12.6 Å². The lowest BCUT2D eigenvalue weighted by atomic mass is 9.64. The molecule has 4 nitrogen and oxygen atoms in total. The van der Waals surface area contributed by atoms with E-state index in [1.165, 1.54) is 0 Å². The molecule has 0 aromatic rings. The maximum atomic E-state index is 10.8. The number of aliphatic hydroxyl groups is 1. The second kappa shape index (κ2) is 3.87. The summed E-state index contributed by atoms with van der Waals surface area (Å²) >= 11 is 0. The van der Waals surface area contributed by atoms with Gasteiger partial charge in [-0.3, -0.25) is 4.79 Å². The lowest BCUT2D eigenvalue weighted by Gasteiger charge is -2.50. The van der Waals surface area contributed by atoms with Crippen LogP contribution in [-0.4, -0.2) is 29.7 Å². The minimum absolute atomic E-state index is 0.0859. The van der Waals surface area contributed by atoms with Gasteiger partial charge in [0.25, 0.3) is 0 Å². The van der Waals surface area contributed by atoms with Gasteiger partial charge in [0.05, 0.1) is 6.10 Å². The fourth-order valence-corrected chi connectivity index (χ4v) is 1.67. The third-order valence-corrected chi connectivity index (χ3v) is 3.37. The van der Waals surface area contributed by atoms with Crippen LogP contribution in [0.15, 0.2) is 0 Å². The maximum Gasteiger partial charge on any atom is 0.221 e. The molecule has 1 amide bonds. The van der Waals surface area contributed by atoms with Crippen LogP contribution in [0.2, 0.25) is 0 Å². The fourth-order valence-electron chi connectivity index (χ4n) is 1.67. The Morgan fingerprint density at radius 3 is 2.64 bits per heavy atom. The van der Waals surface area contributed by atoms with Crippen LogP contribution in [0.25, 0.3) is 0 Å². The first-order chi connectivity index (χ1) is 6.35. The van der Waals surface area contributed by atoms with Gasteiger partial charge >= 0.3 is 0 Å². The molecule has 14 heavy (non-hydrogen) atoms. The Bertz CT molecular complexity index is 228. The normalized spacial score (nSPS) is 32.0. The van der Waals surface area contributed by atoms with E-state index in [9.17, 15) is 9.90 Å². The number of hydrogen-bond acceptors (Lipinski definition) is 3. The smallest absolute Gasteiger partial charge is 0.221 e. The van der Waals surface area contributed by atoms with Crippen molar-refractivity contribution in [3.05, 3.63) is 0 Å². The van der Waals surface area contributed by atoms with E-state index in [4.69, 9.17) is 5.73 Å². The Hall–Kier alpha value is -0.610. The summed E-state index contributed by atoms with van der Waals surface area (Å²) in [6.07, 6.45) is 0.530. The van der Waals surface area contributed by atoms with Crippen molar-refractivity contribution >= 4 is 5.91 Å². The van der Waals surface area contributed by atoms with Gasteiger partial charge in [-0.2, -0.15) is 0 Å². The van der Waals surface area contributed by atoms with Crippen LogP contribution < -0.4 is 11.1 Å². The average Bonchev–Trinajstić information content (AvgIpc) is 2.11. The Kier molecular flexibility index (Phi) is 3.17. The van der Waals surface area contributed by atoms with Gasteiger partial charge in [0.1, 0.15) is 0 Å². The van der Waals surface area contributed by atoms with Crippen LogP contribution in [-0.2, 0) is 4.79 Å². The predicted octanol–water partition coefficient (Wildman–Crippen LogP) is -0.143. The number of aliphatic hydroxyl groups excluding tert-OH is 1. The number of carbonyl (C=O) groups excluding carboxylic acids is 1. The molecule has 1 aliphatic carbocycles. The lowest BCUT2D eigenvalue weighted by molar-refractivity contribution is -0.121. The van der Waals surface area contributed by atoms with Gasteiger partial charge in [0.15, 0.2) is 0 Å². The molecule has 1 rings (SSSR count). The van der Waals surface area contributed by atoms with Crippen LogP contribution in [0.4, 0.5) is 0 Å². The molecule has 1 saturated carbocycles. The number of rotatable bonds is 4. The highest BCUT2D eigenvalue weighted by Gasteiger charge is 2.46.